The lowest BCUT2D eigenvalue weighted by Crippen LogP contribution is -2.02. The van der Waals surface area contributed by atoms with Crippen molar-refractivity contribution in [1.29, 1.82) is 0 Å². The molecule has 3 heterocycles. The van der Waals surface area contributed by atoms with E-state index in [2.05, 4.69) is 42.3 Å². The van der Waals surface area contributed by atoms with Crippen LogP contribution in [0.15, 0.2) is 48.9 Å². The van der Waals surface area contributed by atoms with Gasteiger partial charge in [0.25, 0.3) is 0 Å². The molecule has 4 aromatic rings. The summed E-state index contributed by atoms with van der Waals surface area (Å²) in [5, 5.41) is 0. The summed E-state index contributed by atoms with van der Waals surface area (Å²) in [7, 11) is 2.03. The molecule has 0 atom stereocenters. The van der Waals surface area contributed by atoms with Gasteiger partial charge in [-0.25, -0.2) is 15.0 Å². The van der Waals surface area contributed by atoms with Gasteiger partial charge in [0.1, 0.15) is 17.5 Å². The number of rotatable bonds is 3. The highest BCUT2D eigenvalue weighted by molar-refractivity contribution is 5.85. The molecule has 0 aliphatic heterocycles. The van der Waals surface area contributed by atoms with Gasteiger partial charge in [0, 0.05) is 37.7 Å². The van der Waals surface area contributed by atoms with Crippen LogP contribution in [-0.4, -0.2) is 24.1 Å². The van der Waals surface area contributed by atoms with Crippen molar-refractivity contribution < 1.29 is 0 Å². The molecule has 2 N–H and O–H groups in total. The molecule has 8 heteroatoms. The van der Waals surface area contributed by atoms with Crippen molar-refractivity contribution in [3.05, 3.63) is 60.3 Å². The Hall–Kier alpha value is -2.57. The third kappa shape index (κ3) is 3.52. The van der Waals surface area contributed by atoms with Gasteiger partial charge in [-0.3, -0.25) is 0 Å². The van der Waals surface area contributed by atoms with Crippen molar-refractivity contribution >= 4 is 41.7 Å². The van der Waals surface area contributed by atoms with E-state index >= 15 is 0 Å². The first kappa shape index (κ1) is 19.8. The van der Waals surface area contributed by atoms with Gasteiger partial charge in [-0.2, -0.15) is 0 Å². The van der Waals surface area contributed by atoms with E-state index in [1.807, 2.05) is 32.3 Å². The highest BCUT2D eigenvalue weighted by Gasteiger charge is 2.09. The second-order valence-electron chi connectivity index (χ2n) is 5.89. The molecule has 1 aromatic carbocycles. The predicted octanol–water partition coefficient (Wildman–Crippen LogP) is 3.61. The molecule has 0 bridgehead atoms. The maximum absolute atomic E-state index is 5.79. The molecule has 0 aliphatic rings. The van der Waals surface area contributed by atoms with E-state index in [1.54, 1.807) is 12.4 Å². The minimum atomic E-state index is 0. The molecule has 0 radical (unpaired) electrons. The topological polar surface area (TPSA) is 74.6 Å². The zero-order chi connectivity index (χ0) is 16.7. The quantitative estimate of drug-likeness (QED) is 0.579. The van der Waals surface area contributed by atoms with E-state index in [-0.39, 0.29) is 24.8 Å². The van der Waals surface area contributed by atoms with Crippen LogP contribution in [0.4, 0.5) is 5.82 Å². The summed E-state index contributed by atoms with van der Waals surface area (Å²) in [5.41, 5.74) is 10.1. The Kier molecular flexibility index (Phi) is 5.90. The average molecular weight is 391 g/mol. The summed E-state index contributed by atoms with van der Waals surface area (Å²) < 4.78 is 4.20. The van der Waals surface area contributed by atoms with Gasteiger partial charge in [-0.05, 0) is 36.8 Å². The van der Waals surface area contributed by atoms with Crippen LogP contribution in [0.2, 0.25) is 0 Å². The number of fused-ring (bicyclic) bond motifs is 1. The predicted molar refractivity (Wildman–Crippen MR) is 109 cm³/mol. The Morgan fingerprint density at radius 2 is 1.85 bits per heavy atom. The number of hydrogen-bond donors (Lipinski definition) is 1. The van der Waals surface area contributed by atoms with E-state index in [4.69, 9.17) is 5.73 Å². The summed E-state index contributed by atoms with van der Waals surface area (Å²) in [5.74, 6) is 2.38. The number of pyridine rings is 1. The number of anilines is 1. The van der Waals surface area contributed by atoms with Crippen LogP contribution < -0.4 is 5.73 Å². The molecule has 6 nitrogen and oxygen atoms in total. The zero-order valence-corrected chi connectivity index (χ0v) is 16.1. The van der Waals surface area contributed by atoms with Gasteiger partial charge in [-0.1, -0.05) is 6.07 Å². The standard InChI is InChI=1S/C18H18N6.2ClH/c1-12-22-15-9-13(3-4-16(15)23(12)2)11-24-8-7-21-18(24)14-5-6-20-17(19)10-14;;/h3-10H,11H2,1-2H3,(H2,19,20);2*1H. The first-order chi connectivity index (χ1) is 11.6. The lowest BCUT2D eigenvalue weighted by atomic mass is 10.2. The molecule has 26 heavy (non-hydrogen) atoms. The minimum absolute atomic E-state index is 0. The van der Waals surface area contributed by atoms with E-state index in [0.29, 0.717) is 5.82 Å². The molecule has 0 fully saturated rings. The zero-order valence-electron chi connectivity index (χ0n) is 14.5. The van der Waals surface area contributed by atoms with E-state index in [1.165, 1.54) is 5.56 Å². The first-order valence-electron chi connectivity index (χ1n) is 7.77. The molecule has 0 unspecified atom stereocenters. The number of benzene rings is 1. The number of nitrogens with two attached hydrogens (primary N) is 1. The Bertz CT molecular complexity index is 1040. The molecule has 136 valence electrons. The van der Waals surface area contributed by atoms with Gasteiger partial charge in [0.2, 0.25) is 0 Å². The van der Waals surface area contributed by atoms with Crippen LogP contribution >= 0.6 is 24.8 Å². The number of aromatic nitrogens is 5. The monoisotopic (exact) mass is 390 g/mol. The average Bonchev–Trinajstić information content (AvgIpc) is 3.13. The maximum Gasteiger partial charge on any atom is 0.140 e. The molecule has 0 saturated carbocycles. The minimum Gasteiger partial charge on any atom is -0.384 e. The van der Waals surface area contributed by atoms with Crippen molar-refractivity contribution in [2.75, 3.05) is 5.73 Å². The molecule has 0 aliphatic carbocycles. The normalized spacial score (nSPS) is 10.4. The van der Waals surface area contributed by atoms with Crippen molar-refractivity contribution in [3.8, 4) is 11.4 Å². The SMILES string of the molecule is Cc1nc2cc(Cn3ccnc3-c3ccnc(N)c3)ccc2n1C.Cl.Cl. The van der Waals surface area contributed by atoms with E-state index in [0.717, 1.165) is 34.8 Å². The van der Waals surface area contributed by atoms with Crippen LogP contribution in [0.25, 0.3) is 22.4 Å². The first-order valence-corrected chi connectivity index (χ1v) is 7.77. The molecule has 0 amide bonds. The lowest BCUT2D eigenvalue weighted by Gasteiger charge is -2.09. The van der Waals surface area contributed by atoms with Crippen molar-refractivity contribution in [1.82, 2.24) is 24.1 Å². The van der Waals surface area contributed by atoms with Crippen LogP contribution in [0.3, 0.4) is 0 Å². The summed E-state index contributed by atoms with van der Waals surface area (Å²) in [4.78, 5) is 13.1. The fraction of sp³-hybridized carbons (Fsp3) is 0.167. The van der Waals surface area contributed by atoms with Crippen molar-refractivity contribution in [2.45, 2.75) is 13.5 Å². The Labute approximate surface area is 163 Å². The molecule has 3 aromatic heterocycles. The number of aryl methyl sites for hydroxylation is 2. The summed E-state index contributed by atoms with van der Waals surface area (Å²) in [6.07, 6.45) is 5.47. The molecule has 0 saturated heterocycles. The lowest BCUT2D eigenvalue weighted by molar-refractivity contribution is 0.807. The fourth-order valence-electron chi connectivity index (χ4n) is 2.95. The van der Waals surface area contributed by atoms with Gasteiger partial charge in [0.05, 0.1) is 11.0 Å². The summed E-state index contributed by atoms with van der Waals surface area (Å²) in [6, 6.07) is 10.1. The molecule has 0 spiro atoms. The number of hydrogen-bond acceptors (Lipinski definition) is 4. The molecule has 4 rings (SSSR count). The highest BCUT2D eigenvalue weighted by Crippen LogP contribution is 2.21. The van der Waals surface area contributed by atoms with Gasteiger partial charge < -0.3 is 14.9 Å². The van der Waals surface area contributed by atoms with Crippen LogP contribution in [0.5, 0.6) is 0 Å². The van der Waals surface area contributed by atoms with Gasteiger partial charge in [-0.15, -0.1) is 24.8 Å². The smallest absolute Gasteiger partial charge is 0.140 e. The largest absolute Gasteiger partial charge is 0.384 e. The van der Waals surface area contributed by atoms with Gasteiger partial charge >= 0.3 is 0 Å². The fourth-order valence-corrected chi connectivity index (χ4v) is 2.95. The van der Waals surface area contributed by atoms with E-state index in [9.17, 15) is 0 Å². The van der Waals surface area contributed by atoms with Crippen LogP contribution in [-0.2, 0) is 13.6 Å². The highest BCUT2D eigenvalue weighted by atomic mass is 35.5. The molecular weight excluding hydrogens is 371 g/mol. The van der Waals surface area contributed by atoms with Crippen molar-refractivity contribution in [2.24, 2.45) is 7.05 Å². The number of nitrogen functional groups attached to an aromatic ring is 1. The Morgan fingerprint density at radius 1 is 1.04 bits per heavy atom. The third-order valence-corrected chi connectivity index (χ3v) is 4.28. The number of nitrogens with zero attached hydrogens (tertiary/aromatic N) is 5. The summed E-state index contributed by atoms with van der Waals surface area (Å²) in [6.45, 7) is 2.74. The van der Waals surface area contributed by atoms with Gasteiger partial charge in [0.15, 0.2) is 0 Å². The van der Waals surface area contributed by atoms with Crippen LogP contribution in [0.1, 0.15) is 11.4 Å². The maximum atomic E-state index is 5.79. The van der Waals surface area contributed by atoms with Crippen LogP contribution in [0, 0.1) is 6.92 Å². The number of imidazole rings is 2. The summed E-state index contributed by atoms with van der Waals surface area (Å²) >= 11 is 0. The molecular formula is C18H20Cl2N6. The van der Waals surface area contributed by atoms with E-state index < -0.39 is 0 Å². The third-order valence-electron chi connectivity index (χ3n) is 4.28. The second-order valence-corrected chi connectivity index (χ2v) is 5.89. The van der Waals surface area contributed by atoms with Crippen molar-refractivity contribution in [3.63, 3.8) is 0 Å². The Morgan fingerprint density at radius 3 is 2.62 bits per heavy atom. The number of halogens is 2. The Balaban J connectivity index is 0.00000121. The second kappa shape index (κ2) is 7.76.